The first-order valence-electron chi connectivity index (χ1n) is 6.13. The van der Waals surface area contributed by atoms with Crippen LogP contribution < -0.4 is 10.6 Å². The summed E-state index contributed by atoms with van der Waals surface area (Å²) < 4.78 is 1.81. The van der Waals surface area contributed by atoms with Gasteiger partial charge in [0.15, 0.2) is 0 Å². The number of hydrogen-bond donors (Lipinski definition) is 4. The van der Waals surface area contributed by atoms with Crippen LogP contribution in [0.3, 0.4) is 0 Å². The number of imidazole rings is 1. The van der Waals surface area contributed by atoms with E-state index in [-0.39, 0.29) is 17.0 Å². The van der Waals surface area contributed by atoms with Crippen molar-refractivity contribution in [2.75, 3.05) is 11.9 Å². The molecule has 0 bridgehead atoms. The predicted molar refractivity (Wildman–Crippen MR) is 74.3 cm³/mol. The molecule has 110 valence electrons. The van der Waals surface area contributed by atoms with E-state index in [1.54, 1.807) is 18.7 Å². The largest absolute Gasteiger partial charge is 0.507 e. The van der Waals surface area contributed by atoms with Crippen LogP contribution in [0.15, 0.2) is 36.9 Å². The summed E-state index contributed by atoms with van der Waals surface area (Å²) in [5, 5.41) is 23.4. The van der Waals surface area contributed by atoms with Crippen molar-refractivity contribution in [2.24, 2.45) is 0 Å². The number of amides is 2. The molecule has 0 fully saturated rings. The second-order valence-corrected chi connectivity index (χ2v) is 4.22. The number of carbonyl (C=O) groups is 2. The Morgan fingerprint density at radius 2 is 2.14 bits per heavy atom. The molecule has 1 aromatic carbocycles. The predicted octanol–water partition coefficient (Wildman–Crippen LogP) is 1.11. The van der Waals surface area contributed by atoms with Crippen molar-refractivity contribution in [3.05, 3.63) is 42.5 Å². The SMILES string of the molecule is O=C(NCCn1ccnc1)Nc1ccc(O)c(C(=O)O)c1. The smallest absolute Gasteiger partial charge is 0.339 e. The molecule has 8 nitrogen and oxygen atoms in total. The molecule has 8 heteroatoms. The molecule has 0 saturated carbocycles. The van der Waals surface area contributed by atoms with Crippen molar-refractivity contribution in [1.82, 2.24) is 14.9 Å². The van der Waals surface area contributed by atoms with E-state index in [0.29, 0.717) is 13.1 Å². The van der Waals surface area contributed by atoms with Crippen LogP contribution in [-0.2, 0) is 6.54 Å². The lowest BCUT2D eigenvalue weighted by molar-refractivity contribution is 0.0693. The summed E-state index contributed by atoms with van der Waals surface area (Å²) in [6.45, 7) is 0.968. The van der Waals surface area contributed by atoms with E-state index in [1.165, 1.54) is 18.2 Å². The van der Waals surface area contributed by atoms with Gasteiger partial charge >= 0.3 is 12.0 Å². The van der Waals surface area contributed by atoms with Crippen LogP contribution in [0, 0.1) is 0 Å². The van der Waals surface area contributed by atoms with Crippen LogP contribution in [0.2, 0.25) is 0 Å². The van der Waals surface area contributed by atoms with Gasteiger partial charge in [-0.05, 0) is 18.2 Å². The Morgan fingerprint density at radius 3 is 2.81 bits per heavy atom. The van der Waals surface area contributed by atoms with Crippen molar-refractivity contribution < 1.29 is 19.8 Å². The van der Waals surface area contributed by atoms with Gasteiger partial charge in [-0.2, -0.15) is 0 Å². The number of nitrogens with zero attached hydrogens (tertiary/aromatic N) is 2. The molecule has 0 aliphatic heterocycles. The number of aromatic nitrogens is 2. The van der Waals surface area contributed by atoms with E-state index in [9.17, 15) is 14.7 Å². The van der Waals surface area contributed by atoms with Crippen molar-refractivity contribution in [3.8, 4) is 5.75 Å². The fraction of sp³-hybridized carbons (Fsp3) is 0.154. The number of carbonyl (C=O) groups excluding carboxylic acids is 1. The molecule has 0 atom stereocenters. The maximum absolute atomic E-state index is 11.6. The highest BCUT2D eigenvalue weighted by atomic mass is 16.4. The van der Waals surface area contributed by atoms with Crippen LogP contribution in [0.25, 0.3) is 0 Å². The van der Waals surface area contributed by atoms with Gasteiger partial charge in [0.1, 0.15) is 11.3 Å². The Labute approximate surface area is 120 Å². The molecule has 0 aliphatic rings. The minimum atomic E-state index is -1.27. The van der Waals surface area contributed by atoms with E-state index in [2.05, 4.69) is 15.6 Å². The molecule has 0 aliphatic carbocycles. The summed E-state index contributed by atoms with van der Waals surface area (Å²) in [7, 11) is 0. The van der Waals surface area contributed by atoms with E-state index in [4.69, 9.17) is 5.11 Å². The first kappa shape index (κ1) is 14.4. The minimum Gasteiger partial charge on any atom is -0.507 e. The number of benzene rings is 1. The fourth-order valence-electron chi connectivity index (χ4n) is 1.68. The maximum atomic E-state index is 11.6. The summed E-state index contributed by atoms with van der Waals surface area (Å²) in [5.74, 6) is -1.62. The Bertz CT molecular complexity index is 640. The Kier molecular flexibility index (Phi) is 4.39. The van der Waals surface area contributed by atoms with Gasteiger partial charge in [-0.1, -0.05) is 0 Å². The molecule has 21 heavy (non-hydrogen) atoms. The lowest BCUT2D eigenvalue weighted by Crippen LogP contribution is -2.31. The summed E-state index contributed by atoms with van der Waals surface area (Å²) >= 11 is 0. The molecule has 0 unspecified atom stereocenters. The van der Waals surface area contributed by atoms with Gasteiger partial charge in [0.25, 0.3) is 0 Å². The number of phenols is 1. The third kappa shape index (κ3) is 3.96. The molecule has 0 saturated heterocycles. The van der Waals surface area contributed by atoms with E-state index >= 15 is 0 Å². The second-order valence-electron chi connectivity index (χ2n) is 4.22. The monoisotopic (exact) mass is 290 g/mol. The third-order valence-electron chi connectivity index (χ3n) is 2.70. The van der Waals surface area contributed by atoms with Gasteiger partial charge in [-0.25, -0.2) is 14.6 Å². The quantitative estimate of drug-likeness (QED) is 0.615. The van der Waals surface area contributed by atoms with Gasteiger partial charge in [0.2, 0.25) is 0 Å². The maximum Gasteiger partial charge on any atom is 0.339 e. The zero-order valence-corrected chi connectivity index (χ0v) is 11.0. The number of nitrogens with one attached hydrogen (secondary N) is 2. The summed E-state index contributed by atoms with van der Waals surface area (Å²) in [5.41, 5.74) is 0.0107. The van der Waals surface area contributed by atoms with E-state index in [0.717, 1.165) is 0 Å². The molecule has 1 aromatic heterocycles. The van der Waals surface area contributed by atoms with Gasteiger partial charge < -0.3 is 25.4 Å². The summed E-state index contributed by atoms with van der Waals surface area (Å²) in [6.07, 6.45) is 5.06. The van der Waals surface area contributed by atoms with Crippen LogP contribution in [0.1, 0.15) is 10.4 Å². The molecule has 1 heterocycles. The molecule has 2 aromatic rings. The zero-order chi connectivity index (χ0) is 15.2. The fourth-order valence-corrected chi connectivity index (χ4v) is 1.68. The second kappa shape index (κ2) is 6.42. The highest BCUT2D eigenvalue weighted by Crippen LogP contribution is 2.21. The summed E-state index contributed by atoms with van der Waals surface area (Å²) in [4.78, 5) is 26.4. The zero-order valence-electron chi connectivity index (χ0n) is 11.0. The number of urea groups is 1. The lowest BCUT2D eigenvalue weighted by Gasteiger charge is -2.09. The highest BCUT2D eigenvalue weighted by Gasteiger charge is 2.11. The number of aromatic hydroxyl groups is 1. The average molecular weight is 290 g/mol. The Morgan fingerprint density at radius 1 is 1.33 bits per heavy atom. The Hall–Kier alpha value is -3.03. The highest BCUT2D eigenvalue weighted by molar-refractivity contribution is 5.95. The van der Waals surface area contributed by atoms with Gasteiger partial charge in [-0.15, -0.1) is 0 Å². The average Bonchev–Trinajstić information content (AvgIpc) is 2.94. The minimum absolute atomic E-state index is 0.272. The van der Waals surface area contributed by atoms with Gasteiger partial charge in [-0.3, -0.25) is 0 Å². The van der Waals surface area contributed by atoms with Crippen molar-refractivity contribution >= 4 is 17.7 Å². The number of aromatic carboxylic acids is 1. The summed E-state index contributed by atoms with van der Waals surface area (Å²) in [6, 6.07) is 3.35. The normalized spacial score (nSPS) is 10.1. The van der Waals surface area contributed by atoms with Gasteiger partial charge in [0, 0.05) is 31.2 Å². The lowest BCUT2D eigenvalue weighted by atomic mass is 10.2. The van der Waals surface area contributed by atoms with Crippen LogP contribution in [-0.4, -0.2) is 38.3 Å². The number of hydrogen-bond acceptors (Lipinski definition) is 4. The van der Waals surface area contributed by atoms with Crippen LogP contribution >= 0.6 is 0 Å². The molecule has 2 amide bonds. The van der Waals surface area contributed by atoms with Gasteiger partial charge in [0.05, 0.1) is 6.33 Å². The van der Waals surface area contributed by atoms with Crippen LogP contribution in [0.5, 0.6) is 5.75 Å². The number of anilines is 1. The number of rotatable bonds is 5. The molecular formula is C13H14N4O4. The van der Waals surface area contributed by atoms with Crippen molar-refractivity contribution in [3.63, 3.8) is 0 Å². The van der Waals surface area contributed by atoms with Crippen molar-refractivity contribution in [1.29, 1.82) is 0 Å². The van der Waals surface area contributed by atoms with E-state index in [1.807, 2.05) is 4.57 Å². The number of carboxylic acid groups (broad SMARTS) is 1. The Balaban J connectivity index is 1.87. The molecule has 0 spiro atoms. The molecule has 2 rings (SSSR count). The first-order valence-corrected chi connectivity index (χ1v) is 6.13. The topological polar surface area (TPSA) is 116 Å². The van der Waals surface area contributed by atoms with Crippen LogP contribution in [0.4, 0.5) is 10.5 Å². The molecule has 0 radical (unpaired) electrons. The number of carboxylic acids is 1. The first-order chi connectivity index (χ1) is 10.1. The third-order valence-corrected chi connectivity index (χ3v) is 2.70. The van der Waals surface area contributed by atoms with Crippen molar-refractivity contribution in [2.45, 2.75) is 6.54 Å². The van der Waals surface area contributed by atoms with E-state index < -0.39 is 12.0 Å². The standard InChI is InChI=1S/C13H14N4O4/c18-11-2-1-9(7-10(11)12(19)20)16-13(21)15-4-6-17-5-3-14-8-17/h1-3,5,7-8,18H,4,6H2,(H,19,20)(H2,15,16,21). The molecule has 4 N–H and O–H groups in total. The molecular weight excluding hydrogens is 276 g/mol.